The summed E-state index contributed by atoms with van der Waals surface area (Å²) in [7, 11) is 0. The highest BCUT2D eigenvalue weighted by Crippen LogP contribution is 2.29. The first-order valence-corrected chi connectivity index (χ1v) is 10.4. The molecular weight excluding hydrogens is 456 g/mol. The molecule has 0 saturated carbocycles. The number of hydrogen-bond acceptors (Lipinski definition) is 4. The van der Waals surface area contributed by atoms with Gasteiger partial charge in [-0.05, 0) is 65.7 Å². The van der Waals surface area contributed by atoms with Gasteiger partial charge in [-0.2, -0.15) is 0 Å². The number of ketones is 1. The Morgan fingerprint density at radius 3 is 2.55 bits per heavy atom. The van der Waals surface area contributed by atoms with Crippen LogP contribution in [0.25, 0.3) is 29.6 Å². The number of carbonyl (C=O) groups excluding carboxylic acids is 1. The Hall–Kier alpha value is -3.51. The zero-order valence-electron chi connectivity index (χ0n) is 17.1. The van der Waals surface area contributed by atoms with Crippen LogP contribution >= 0.6 is 15.9 Å². The van der Waals surface area contributed by atoms with Gasteiger partial charge in [-0.25, -0.2) is 9.78 Å². The molecule has 4 rings (SSSR count). The summed E-state index contributed by atoms with van der Waals surface area (Å²) in [4.78, 5) is 30.5. The van der Waals surface area contributed by atoms with E-state index < -0.39 is 5.63 Å². The third-order valence-corrected chi connectivity index (χ3v) is 6.08. The standard InChI is InChI=1S/C25H19BrN2O3/c1-4-17(23(29)22-15(2)21(26)20-12-8-9-13-28(20)22)14-19-16(3)27-24(31-25(19)30)18-10-6-5-7-11-18/h4-14H,3H2,1-2H3. The molecule has 0 aliphatic heterocycles. The minimum atomic E-state index is -0.594. The van der Waals surface area contributed by atoms with E-state index in [9.17, 15) is 9.59 Å². The van der Waals surface area contributed by atoms with E-state index in [1.807, 2.05) is 53.9 Å². The molecule has 1 aromatic carbocycles. The number of benzene rings is 1. The molecule has 0 amide bonds. The van der Waals surface area contributed by atoms with Gasteiger partial charge < -0.3 is 8.82 Å². The Morgan fingerprint density at radius 1 is 1.16 bits per heavy atom. The molecule has 0 fully saturated rings. The zero-order chi connectivity index (χ0) is 22.1. The molecule has 0 aliphatic rings. The highest BCUT2D eigenvalue weighted by Gasteiger charge is 2.21. The van der Waals surface area contributed by atoms with E-state index in [2.05, 4.69) is 27.5 Å². The fraction of sp³-hybridized carbons (Fsp3) is 0.0800. The number of hydrogen-bond donors (Lipinski definition) is 0. The van der Waals surface area contributed by atoms with Gasteiger partial charge in [0.25, 0.3) is 0 Å². The van der Waals surface area contributed by atoms with Crippen LogP contribution in [0.3, 0.4) is 0 Å². The third-order valence-electron chi connectivity index (χ3n) is 5.08. The van der Waals surface area contributed by atoms with Gasteiger partial charge in [-0.15, -0.1) is 0 Å². The first-order valence-electron chi connectivity index (χ1n) is 9.65. The Balaban J connectivity index is 1.84. The molecule has 0 bridgehead atoms. The fourth-order valence-electron chi connectivity index (χ4n) is 3.46. The largest absolute Gasteiger partial charge is 0.403 e. The van der Waals surface area contributed by atoms with Crippen molar-refractivity contribution in [2.75, 3.05) is 0 Å². The normalized spacial score (nSPS) is 12.5. The maximum Gasteiger partial charge on any atom is 0.347 e. The number of halogens is 1. The maximum absolute atomic E-state index is 13.4. The van der Waals surface area contributed by atoms with Crippen molar-refractivity contribution >= 4 is 39.9 Å². The van der Waals surface area contributed by atoms with Crippen LogP contribution in [0, 0.1) is 6.92 Å². The molecule has 3 heterocycles. The predicted octanol–water partition coefficient (Wildman–Crippen LogP) is 4.05. The first-order chi connectivity index (χ1) is 14.9. The van der Waals surface area contributed by atoms with Crippen LogP contribution in [-0.4, -0.2) is 15.2 Å². The van der Waals surface area contributed by atoms with Crippen LogP contribution in [0.5, 0.6) is 0 Å². The lowest BCUT2D eigenvalue weighted by molar-refractivity contribution is 0.103. The Morgan fingerprint density at radius 2 is 1.87 bits per heavy atom. The molecule has 0 saturated heterocycles. The van der Waals surface area contributed by atoms with Gasteiger partial charge in [-0.3, -0.25) is 4.79 Å². The van der Waals surface area contributed by atoms with Crippen molar-refractivity contribution in [2.24, 2.45) is 0 Å². The number of carbonyl (C=O) groups is 1. The van der Waals surface area contributed by atoms with E-state index in [4.69, 9.17) is 4.42 Å². The van der Waals surface area contributed by atoms with Gasteiger partial charge in [-0.1, -0.05) is 36.9 Å². The Labute approximate surface area is 186 Å². The monoisotopic (exact) mass is 474 g/mol. The lowest BCUT2D eigenvalue weighted by atomic mass is 10.0. The van der Waals surface area contributed by atoms with E-state index >= 15 is 0 Å². The molecule has 0 radical (unpaired) electrons. The molecule has 3 aromatic heterocycles. The molecule has 5 nitrogen and oxygen atoms in total. The van der Waals surface area contributed by atoms with Crippen molar-refractivity contribution in [1.82, 2.24) is 9.38 Å². The van der Waals surface area contributed by atoms with E-state index in [-0.39, 0.29) is 22.2 Å². The summed E-state index contributed by atoms with van der Waals surface area (Å²) in [5.74, 6) is -0.0173. The fourth-order valence-corrected chi connectivity index (χ4v) is 3.97. The molecule has 0 atom stereocenters. The molecule has 0 unspecified atom stereocenters. The number of nitrogens with zero attached hydrogens (tertiary/aromatic N) is 2. The second kappa shape index (κ2) is 8.32. The predicted molar refractivity (Wildman–Crippen MR) is 125 cm³/mol. The second-order valence-electron chi connectivity index (χ2n) is 6.99. The Kier molecular flexibility index (Phi) is 5.57. The van der Waals surface area contributed by atoms with Crippen LogP contribution < -0.4 is 16.2 Å². The summed E-state index contributed by atoms with van der Waals surface area (Å²) < 4.78 is 8.11. The maximum atomic E-state index is 13.4. The molecule has 4 aromatic rings. The summed E-state index contributed by atoms with van der Waals surface area (Å²) in [5, 5.41) is 0.402. The highest BCUT2D eigenvalue weighted by molar-refractivity contribution is 9.10. The molecule has 31 heavy (non-hydrogen) atoms. The topological polar surface area (TPSA) is 64.6 Å². The van der Waals surface area contributed by atoms with E-state index in [0.29, 0.717) is 16.8 Å². The minimum absolute atomic E-state index is 0.152. The van der Waals surface area contributed by atoms with Gasteiger partial charge in [0.05, 0.1) is 21.8 Å². The van der Waals surface area contributed by atoms with Crippen molar-refractivity contribution in [3.05, 3.63) is 103 Å². The van der Waals surface area contributed by atoms with Crippen LogP contribution in [0.4, 0.5) is 0 Å². The SMILES string of the molecule is C=c1nc(-c2ccccc2)oc(=O)c1=CC(=CC)C(=O)c1c(C)c(Br)c2ccccn12. The van der Waals surface area contributed by atoms with Gasteiger partial charge in [0, 0.05) is 21.8 Å². The van der Waals surface area contributed by atoms with Crippen molar-refractivity contribution < 1.29 is 9.21 Å². The number of aromatic nitrogens is 2. The summed E-state index contributed by atoms with van der Waals surface area (Å²) in [5.41, 5.74) is 2.68. The van der Waals surface area contributed by atoms with Crippen LogP contribution in [0.15, 0.2) is 80.1 Å². The summed E-state index contributed by atoms with van der Waals surface area (Å²) >= 11 is 3.57. The smallest absolute Gasteiger partial charge is 0.347 e. The average Bonchev–Trinajstić information content (AvgIpc) is 3.04. The summed E-state index contributed by atoms with van der Waals surface area (Å²) in [6.07, 6.45) is 5.00. The third kappa shape index (κ3) is 3.70. The van der Waals surface area contributed by atoms with Gasteiger partial charge in [0.1, 0.15) is 0 Å². The number of allylic oxidation sites excluding steroid dienone is 2. The molecule has 0 spiro atoms. The molecule has 154 valence electrons. The van der Waals surface area contributed by atoms with Crippen molar-refractivity contribution in [3.8, 4) is 11.5 Å². The van der Waals surface area contributed by atoms with Crippen LogP contribution in [-0.2, 0) is 0 Å². The number of pyridine rings is 1. The number of fused-ring (bicyclic) bond motifs is 1. The minimum Gasteiger partial charge on any atom is -0.403 e. The second-order valence-corrected chi connectivity index (χ2v) is 7.79. The molecular formula is C25H19BrN2O3. The van der Waals surface area contributed by atoms with E-state index in [1.54, 1.807) is 25.1 Å². The van der Waals surface area contributed by atoms with Crippen molar-refractivity contribution in [2.45, 2.75) is 13.8 Å². The lowest BCUT2D eigenvalue weighted by Crippen LogP contribution is -2.40. The zero-order valence-corrected chi connectivity index (χ0v) is 18.6. The van der Waals surface area contributed by atoms with Crippen molar-refractivity contribution in [3.63, 3.8) is 0 Å². The number of Topliss-reactive ketones (excluding diaryl/α,β-unsaturated/α-hetero) is 1. The average molecular weight is 475 g/mol. The number of rotatable bonds is 4. The molecule has 6 heteroatoms. The Bertz CT molecular complexity index is 1480. The van der Waals surface area contributed by atoms with Gasteiger partial charge in [0.15, 0.2) is 0 Å². The van der Waals surface area contributed by atoms with E-state index in [0.717, 1.165) is 15.6 Å². The first kappa shape index (κ1) is 20.8. The highest BCUT2D eigenvalue weighted by atomic mass is 79.9. The van der Waals surface area contributed by atoms with Crippen LogP contribution in [0.2, 0.25) is 0 Å². The quantitative estimate of drug-likeness (QED) is 0.330. The van der Waals surface area contributed by atoms with Crippen molar-refractivity contribution in [1.29, 1.82) is 0 Å². The molecule has 0 aliphatic carbocycles. The lowest BCUT2D eigenvalue weighted by Gasteiger charge is -2.05. The molecule has 0 N–H and O–H groups in total. The van der Waals surface area contributed by atoms with Gasteiger partial charge in [0.2, 0.25) is 11.7 Å². The van der Waals surface area contributed by atoms with Gasteiger partial charge >= 0.3 is 5.63 Å². The summed E-state index contributed by atoms with van der Waals surface area (Å²) in [6, 6.07) is 14.8. The van der Waals surface area contributed by atoms with Crippen LogP contribution in [0.1, 0.15) is 23.0 Å². The summed E-state index contributed by atoms with van der Waals surface area (Å²) in [6.45, 7) is 7.54. The van der Waals surface area contributed by atoms with E-state index in [1.165, 1.54) is 6.08 Å².